The number of rotatable bonds is 0. The number of alkyl halides is 2. The lowest BCUT2D eigenvalue weighted by atomic mass is 9.79. The third-order valence-corrected chi connectivity index (χ3v) is 4.64. The van der Waals surface area contributed by atoms with Gasteiger partial charge in [0, 0.05) is 17.6 Å². The molecule has 0 atom stereocenters. The summed E-state index contributed by atoms with van der Waals surface area (Å²) in [6.45, 7) is 0. The summed E-state index contributed by atoms with van der Waals surface area (Å²) in [6, 6.07) is 2.96. The van der Waals surface area contributed by atoms with E-state index in [1.54, 1.807) is 12.2 Å². The van der Waals surface area contributed by atoms with E-state index in [0.29, 0.717) is 0 Å². The molecule has 0 fully saturated rings. The fourth-order valence-electron chi connectivity index (χ4n) is 2.44. The van der Waals surface area contributed by atoms with Crippen molar-refractivity contribution in [3.63, 3.8) is 0 Å². The molecule has 0 heterocycles. The summed E-state index contributed by atoms with van der Waals surface area (Å²) in [4.78, 5) is 25.2. The van der Waals surface area contributed by atoms with E-state index in [-0.39, 0.29) is 44.5 Å². The molecule has 1 aromatic carbocycles. The number of carbonyl (C=O) groups is 2. The number of benzene rings is 1. The lowest BCUT2D eigenvalue weighted by molar-refractivity contribution is 0.0973. The minimum Gasteiger partial charge on any atom is -0.289 e. The van der Waals surface area contributed by atoms with Crippen molar-refractivity contribution >= 4 is 58.0 Å². The maximum absolute atomic E-state index is 12.6. The second-order valence-corrected chi connectivity index (χ2v) is 6.84. The van der Waals surface area contributed by atoms with Gasteiger partial charge in [0.05, 0.1) is 21.2 Å². The van der Waals surface area contributed by atoms with E-state index < -0.39 is 10.1 Å². The molecule has 0 aliphatic heterocycles. The van der Waals surface area contributed by atoms with Crippen molar-refractivity contribution < 1.29 is 9.59 Å². The van der Waals surface area contributed by atoms with E-state index in [9.17, 15) is 9.59 Å². The number of allylic oxidation sites excluding steroid dienone is 4. The summed E-state index contributed by atoms with van der Waals surface area (Å²) < 4.78 is -1.43. The van der Waals surface area contributed by atoms with Crippen LogP contribution >= 0.6 is 46.4 Å². The fraction of sp³-hybridized carbons (Fsp3) is 0.143. The molecule has 0 N–H and O–H groups in total. The number of halogens is 4. The van der Waals surface area contributed by atoms with E-state index in [2.05, 4.69) is 0 Å². The van der Waals surface area contributed by atoms with Gasteiger partial charge in [0.2, 0.25) is 0 Å². The average Bonchev–Trinajstić information content (AvgIpc) is 2.37. The first-order valence-electron chi connectivity index (χ1n) is 5.71. The van der Waals surface area contributed by atoms with Gasteiger partial charge in [-0.25, -0.2) is 0 Å². The molecular weight excluding hydrogens is 342 g/mol. The second-order valence-electron chi connectivity index (χ2n) is 4.54. The molecule has 0 radical (unpaired) electrons. The summed E-state index contributed by atoms with van der Waals surface area (Å²) in [6.07, 6.45) is 3.47. The first-order chi connectivity index (χ1) is 9.34. The maximum Gasteiger partial charge on any atom is 0.195 e. The Morgan fingerprint density at radius 3 is 2.10 bits per heavy atom. The quantitative estimate of drug-likeness (QED) is 0.631. The van der Waals surface area contributed by atoms with Crippen LogP contribution in [-0.4, -0.2) is 15.9 Å². The van der Waals surface area contributed by atoms with E-state index in [1.165, 1.54) is 12.1 Å². The summed E-state index contributed by atoms with van der Waals surface area (Å²) in [5.74, 6) is -0.833. The molecule has 0 spiro atoms. The average molecular weight is 348 g/mol. The lowest BCUT2D eigenvalue weighted by Gasteiger charge is -2.30. The van der Waals surface area contributed by atoms with Crippen molar-refractivity contribution in [3.05, 3.63) is 56.6 Å². The Morgan fingerprint density at radius 1 is 0.950 bits per heavy atom. The van der Waals surface area contributed by atoms with Crippen molar-refractivity contribution in [3.8, 4) is 0 Å². The third-order valence-electron chi connectivity index (χ3n) is 3.32. The number of fused-ring (bicyclic) bond motifs is 1. The van der Waals surface area contributed by atoms with Crippen LogP contribution in [0.3, 0.4) is 0 Å². The van der Waals surface area contributed by atoms with Crippen LogP contribution in [0.5, 0.6) is 0 Å². The molecule has 2 aliphatic carbocycles. The predicted octanol–water partition coefficient (Wildman–Crippen LogP) is 4.80. The van der Waals surface area contributed by atoms with Gasteiger partial charge in [-0.15, -0.1) is 0 Å². The highest BCUT2D eigenvalue weighted by Crippen LogP contribution is 2.46. The molecule has 0 saturated carbocycles. The maximum atomic E-state index is 12.6. The smallest absolute Gasteiger partial charge is 0.195 e. The summed E-state index contributed by atoms with van der Waals surface area (Å²) in [5, 5.41) is 0.344. The van der Waals surface area contributed by atoms with Crippen LogP contribution in [0.4, 0.5) is 0 Å². The Morgan fingerprint density at radius 2 is 1.50 bits per heavy atom. The Hall–Kier alpha value is -0.800. The predicted molar refractivity (Wildman–Crippen MR) is 80.3 cm³/mol. The van der Waals surface area contributed by atoms with Gasteiger partial charge >= 0.3 is 0 Å². The van der Waals surface area contributed by atoms with E-state index >= 15 is 0 Å². The van der Waals surface area contributed by atoms with Gasteiger partial charge in [0.1, 0.15) is 0 Å². The van der Waals surface area contributed by atoms with Gasteiger partial charge in [-0.2, -0.15) is 0 Å². The molecule has 0 bridgehead atoms. The Balaban J connectivity index is 2.37. The van der Waals surface area contributed by atoms with E-state index in [0.717, 1.165) is 0 Å². The zero-order valence-corrected chi connectivity index (χ0v) is 12.9. The number of Topliss-reactive ketones (excluding diaryl/α,β-unsaturated/α-hetero) is 2. The van der Waals surface area contributed by atoms with Crippen LogP contribution in [0.15, 0.2) is 35.4 Å². The zero-order valence-electron chi connectivity index (χ0n) is 9.84. The zero-order chi connectivity index (χ0) is 14.7. The van der Waals surface area contributed by atoms with Gasteiger partial charge in [0.25, 0.3) is 0 Å². The molecule has 0 unspecified atom stereocenters. The standard InChI is InChI=1S/C14H6Cl4O2/c15-7-3-4-8(16)10-9(7)12(19)6-2-1-5-14(17,18)11(6)13(10)20/h1-4H,5H2. The summed E-state index contributed by atoms with van der Waals surface area (Å²) in [7, 11) is 0. The third kappa shape index (κ3) is 1.86. The fourth-order valence-corrected chi connectivity index (χ4v) is 3.48. The summed E-state index contributed by atoms with van der Waals surface area (Å²) in [5.41, 5.74) is 0.440. The van der Waals surface area contributed by atoms with Crippen LogP contribution in [0, 0.1) is 0 Å². The van der Waals surface area contributed by atoms with Crippen molar-refractivity contribution in [2.75, 3.05) is 0 Å². The Bertz CT molecular complexity index is 729. The highest BCUT2D eigenvalue weighted by atomic mass is 35.5. The van der Waals surface area contributed by atoms with Crippen molar-refractivity contribution in [1.82, 2.24) is 0 Å². The van der Waals surface area contributed by atoms with Gasteiger partial charge in [-0.1, -0.05) is 58.6 Å². The molecule has 6 heteroatoms. The number of ketones is 2. The molecule has 20 heavy (non-hydrogen) atoms. The molecule has 0 saturated heterocycles. The van der Waals surface area contributed by atoms with Crippen molar-refractivity contribution in [1.29, 1.82) is 0 Å². The van der Waals surface area contributed by atoms with Crippen LogP contribution in [0.1, 0.15) is 27.1 Å². The van der Waals surface area contributed by atoms with Gasteiger partial charge < -0.3 is 0 Å². The summed E-state index contributed by atoms with van der Waals surface area (Å²) >= 11 is 24.4. The number of carbonyl (C=O) groups excluding carboxylic acids is 2. The first kappa shape index (κ1) is 14.2. The van der Waals surface area contributed by atoms with Gasteiger partial charge in [0.15, 0.2) is 15.9 Å². The molecule has 102 valence electrons. The Kier molecular flexibility index (Phi) is 3.26. The normalized spacial score (nSPS) is 20.0. The van der Waals surface area contributed by atoms with Crippen molar-refractivity contribution in [2.45, 2.75) is 10.8 Å². The molecule has 1 aromatic rings. The minimum atomic E-state index is -1.43. The largest absolute Gasteiger partial charge is 0.289 e. The first-order valence-corrected chi connectivity index (χ1v) is 7.22. The molecular formula is C14H6Cl4O2. The van der Waals surface area contributed by atoms with Crippen LogP contribution in [-0.2, 0) is 0 Å². The van der Waals surface area contributed by atoms with Crippen LogP contribution in [0.2, 0.25) is 10.0 Å². The monoisotopic (exact) mass is 346 g/mol. The molecule has 0 aromatic heterocycles. The SMILES string of the molecule is O=C1C2=C(C(=O)c3c(Cl)ccc(Cl)c31)C(Cl)(Cl)CC=C2. The highest BCUT2D eigenvalue weighted by molar-refractivity contribution is 6.55. The van der Waals surface area contributed by atoms with Crippen LogP contribution < -0.4 is 0 Å². The van der Waals surface area contributed by atoms with Gasteiger partial charge in [-0.3, -0.25) is 9.59 Å². The molecule has 2 aliphatic rings. The topological polar surface area (TPSA) is 34.1 Å². The molecule has 3 rings (SSSR count). The van der Waals surface area contributed by atoms with Crippen LogP contribution in [0.25, 0.3) is 0 Å². The van der Waals surface area contributed by atoms with Gasteiger partial charge in [-0.05, 0) is 12.1 Å². The lowest BCUT2D eigenvalue weighted by Crippen LogP contribution is -2.33. The second kappa shape index (κ2) is 4.60. The Labute approximate surface area is 134 Å². The van der Waals surface area contributed by atoms with E-state index in [4.69, 9.17) is 46.4 Å². The molecule has 0 amide bonds. The van der Waals surface area contributed by atoms with E-state index in [1.807, 2.05) is 0 Å². The number of hydrogen-bond donors (Lipinski definition) is 0. The van der Waals surface area contributed by atoms with Crippen molar-refractivity contribution in [2.24, 2.45) is 0 Å². The highest BCUT2D eigenvalue weighted by Gasteiger charge is 2.44. The number of hydrogen-bond acceptors (Lipinski definition) is 2. The molecule has 2 nitrogen and oxygen atoms in total. The minimum absolute atomic E-state index is 0.0730.